The Morgan fingerprint density at radius 1 is 1.29 bits per heavy atom. The van der Waals surface area contributed by atoms with Gasteiger partial charge in [0.15, 0.2) is 6.10 Å². The molecule has 2 rings (SSSR count). The fourth-order valence-corrected chi connectivity index (χ4v) is 3.42. The number of hydrogen-bond acceptors (Lipinski definition) is 7. The summed E-state index contributed by atoms with van der Waals surface area (Å²) in [4.78, 5) is 37.3. The predicted octanol–water partition coefficient (Wildman–Crippen LogP) is 2.22. The molecule has 0 saturated carbocycles. The second-order valence-electron chi connectivity index (χ2n) is 7.45. The Balaban J connectivity index is 2.39. The van der Waals surface area contributed by atoms with Crippen molar-refractivity contribution in [2.45, 2.75) is 51.9 Å². The Bertz CT molecular complexity index is 698. The summed E-state index contributed by atoms with van der Waals surface area (Å²) in [5, 5.41) is 10.4. The minimum absolute atomic E-state index is 0.00421. The number of hydrogen-bond donors (Lipinski definition) is 1. The van der Waals surface area contributed by atoms with Crippen molar-refractivity contribution in [3.05, 3.63) is 35.9 Å². The summed E-state index contributed by atoms with van der Waals surface area (Å²) in [6.45, 7) is 5.04. The number of aliphatic hydroxyl groups is 1. The Labute approximate surface area is 165 Å². The summed E-state index contributed by atoms with van der Waals surface area (Å²) >= 11 is 0. The quantitative estimate of drug-likeness (QED) is 0.741. The summed E-state index contributed by atoms with van der Waals surface area (Å²) in [6, 6.07) is 9.19. The molecule has 1 aromatic rings. The van der Waals surface area contributed by atoms with Crippen LogP contribution >= 0.6 is 0 Å². The summed E-state index contributed by atoms with van der Waals surface area (Å²) in [5.74, 6) is -2.68. The highest BCUT2D eigenvalue weighted by Gasteiger charge is 2.47. The van der Waals surface area contributed by atoms with Crippen molar-refractivity contribution >= 4 is 17.7 Å². The summed E-state index contributed by atoms with van der Waals surface area (Å²) < 4.78 is 16.0. The van der Waals surface area contributed by atoms with Gasteiger partial charge in [-0.1, -0.05) is 30.3 Å². The molecule has 0 radical (unpaired) electrons. The fourth-order valence-electron chi connectivity index (χ4n) is 3.42. The van der Waals surface area contributed by atoms with Crippen LogP contribution in [0.3, 0.4) is 0 Å². The molecule has 0 aromatic heterocycles. The zero-order valence-electron chi connectivity index (χ0n) is 16.7. The van der Waals surface area contributed by atoms with Crippen LogP contribution in [-0.4, -0.2) is 48.8 Å². The van der Waals surface area contributed by atoms with Gasteiger partial charge in [0.1, 0.15) is 5.78 Å². The molecule has 1 aromatic carbocycles. The molecule has 28 heavy (non-hydrogen) atoms. The van der Waals surface area contributed by atoms with Crippen molar-refractivity contribution in [2.75, 3.05) is 13.7 Å². The average molecular weight is 392 g/mol. The fraction of sp³-hybridized carbons (Fsp3) is 0.571. The SMILES string of the molecule is CCOC(=O)C(O)C1CC(C(C)(C)C(=O)OC)OC(c2ccccc2)CC1=O. The van der Waals surface area contributed by atoms with Gasteiger partial charge < -0.3 is 19.3 Å². The van der Waals surface area contributed by atoms with Gasteiger partial charge in [-0.2, -0.15) is 0 Å². The largest absolute Gasteiger partial charge is 0.469 e. The van der Waals surface area contributed by atoms with Crippen LogP contribution in [0.15, 0.2) is 30.3 Å². The van der Waals surface area contributed by atoms with E-state index >= 15 is 0 Å². The molecule has 1 aliphatic rings. The topological polar surface area (TPSA) is 99.1 Å². The number of Topliss-reactive ketones (excluding diaryl/α,β-unsaturated/α-hetero) is 1. The third-order valence-corrected chi connectivity index (χ3v) is 5.19. The highest BCUT2D eigenvalue weighted by atomic mass is 16.5. The third-order valence-electron chi connectivity index (χ3n) is 5.19. The molecule has 4 atom stereocenters. The Hall–Kier alpha value is -2.25. The van der Waals surface area contributed by atoms with Crippen molar-refractivity contribution in [3.63, 3.8) is 0 Å². The van der Waals surface area contributed by atoms with Crippen LogP contribution in [0, 0.1) is 11.3 Å². The minimum Gasteiger partial charge on any atom is -0.469 e. The second kappa shape index (κ2) is 9.30. The molecule has 7 heteroatoms. The Morgan fingerprint density at radius 2 is 1.93 bits per heavy atom. The van der Waals surface area contributed by atoms with Gasteiger partial charge in [0.25, 0.3) is 0 Å². The Morgan fingerprint density at radius 3 is 2.50 bits per heavy atom. The van der Waals surface area contributed by atoms with E-state index in [-0.39, 0.29) is 25.2 Å². The smallest absolute Gasteiger partial charge is 0.335 e. The van der Waals surface area contributed by atoms with Crippen molar-refractivity contribution in [2.24, 2.45) is 11.3 Å². The molecule has 4 unspecified atom stereocenters. The van der Waals surface area contributed by atoms with E-state index < -0.39 is 41.6 Å². The van der Waals surface area contributed by atoms with Crippen LogP contribution in [0.2, 0.25) is 0 Å². The number of methoxy groups -OCH3 is 1. The van der Waals surface area contributed by atoms with E-state index in [1.165, 1.54) is 7.11 Å². The molecule has 0 spiro atoms. The van der Waals surface area contributed by atoms with Gasteiger partial charge in [0, 0.05) is 6.42 Å². The van der Waals surface area contributed by atoms with E-state index in [0.717, 1.165) is 5.56 Å². The lowest BCUT2D eigenvalue weighted by atomic mass is 9.79. The van der Waals surface area contributed by atoms with E-state index in [4.69, 9.17) is 14.2 Å². The summed E-state index contributed by atoms with van der Waals surface area (Å²) in [5.41, 5.74) is -0.299. The molecule has 1 aliphatic heterocycles. The normalized spacial score (nSPS) is 24.2. The van der Waals surface area contributed by atoms with Gasteiger partial charge in [0.2, 0.25) is 0 Å². The van der Waals surface area contributed by atoms with Crippen molar-refractivity contribution in [1.82, 2.24) is 0 Å². The standard InChI is InChI=1S/C21H28O7/c1-5-27-19(24)18(23)14-11-17(21(2,3)20(25)26-4)28-16(12-15(14)22)13-9-7-6-8-10-13/h6-10,14,16-18,23H,5,11-12H2,1-4H3. The summed E-state index contributed by atoms with van der Waals surface area (Å²) in [6.07, 6.45) is -2.96. The zero-order valence-corrected chi connectivity index (χ0v) is 16.7. The van der Waals surface area contributed by atoms with Gasteiger partial charge >= 0.3 is 11.9 Å². The van der Waals surface area contributed by atoms with Crippen molar-refractivity contribution in [3.8, 4) is 0 Å². The molecule has 0 bridgehead atoms. The first kappa shape index (κ1) is 22.0. The minimum atomic E-state index is -1.61. The molecule has 1 heterocycles. The molecule has 7 nitrogen and oxygen atoms in total. The van der Waals surface area contributed by atoms with Gasteiger partial charge in [0.05, 0.1) is 37.3 Å². The van der Waals surface area contributed by atoms with E-state index in [0.29, 0.717) is 0 Å². The molecule has 154 valence electrons. The summed E-state index contributed by atoms with van der Waals surface area (Å²) in [7, 11) is 1.28. The Kier molecular flexibility index (Phi) is 7.32. The van der Waals surface area contributed by atoms with Crippen LogP contribution in [0.1, 0.15) is 45.3 Å². The number of ether oxygens (including phenoxy) is 3. The van der Waals surface area contributed by atoms with E-state index in [1.54, 1.807) is 20.8 Å². The van der Waals surface area contributed by atoms with E-state index in [9.17, 15) is 19.5 Å². The van der Waals surface area contributed by atoms with Gasteiger partial charge in [-0.05, 0) is 32.8 Å². The highest BCUT2D eigenvalue weighted by molar-refractivity contribution is 5.89. The van der Waals surface area contributed by atoms with Crippen LogP contribution in [0.5, 0.6) is 0 Å². The zero-order chi connectivity index (χ0) is 20.9. The maximum atomic E-state index is 12.9. The first-order chi connectivity index (χ1) is 13.2. The van der Waals surface area contributed by atoms with E-state index in [1.807, 2.05) is 30.3 Å². The van der Waals surface area contributed by atoms with Gasteiger partial charge in [-0.15, -0.1) is 0 Å². The lowest BCUT2D eigenvalue weighted by Crippen LogP contribution is -2.44. The number of benzene rings is 1. The van der Waals surface area contributed by atoms with Crippen LogP contribution in [0.4, 0.5) is 0 Å². The molecular formula is C21H28O7. The molecule has 0 amide bonds. The lowest BCUT2D eigenvalue weighted by molar-refractivity contribution is -0.166. The highest BCUT2D eigenvalue weighted by Crippen LogP contribution is 2.39. The van der Waals surface area contributed by atoms with Crippen molar-refractivity contribution in [1.29, 1.82) is 0 Å². The monoisotopic (exact) mass is 392 g/mol. The number of carbonyl (C=O) groups excluding carboxylic acids is 3. The molecular weight excluding hydrogens is 364 g/mol. The van der Waals surface area contributed by atoms with Crippen LogP contribution in [0.25, 0.3) is 0 Å². The second-order valence-corrected chi connectivity index (χ2v) is 7.45. The first-order valence-electron chi connectivity index (χ1n) is 9.38. The van der Waals surface area contributed by atoms with E-state index in [2.05, 4.69) is 0 Å². The van der Waals surface area contributed by atoms with Crippen molar-refractivity contribution < 1.29 is 33.7 Å². The number of carbonyl (C=O) groups is 3. The number of rotatable bonds is 6. The third kappa shape index (κ3) is 4.77. The lowest BCUT2D eigenvalue weighted by Gasteiger charge is -2.34. The van der Waals surface area contributed by atoms with Crippen LogP contribution in [-0.2, 0) is 28.6 Å². The average Bonchev–Trinajstić information content (AvgIpc) is 2.87. The maximum absolute atomic E-state index is 12.9. The first-order valence-corrected chi connectivity index (χ1v) is 9.38. The van der Waals surface area contributed by atoms with Gasteiger partial charge in [-0.25, -0.2) is 4.79 Å². The number of ketones is 1. The van der Waals surface area contributed by atoms with Gasteiger partial charge in [-0.3, -0.25) is 9.59 Å². The maximum Gasteiger partial charge on any atom is 0.335 e. The molecule has 1 saturated heterocycles. The number of esters is 2. The number of aliphatic hydroxyl groups excluding tert-OH is 1. The molecule has 0 aliphatic carbocycles. The predicted molar refractivity (Wildman–Crippen MR) is 100 cm³/mol. The van der Waals surface area contributed by atoms with Crippen LogP contribution < -0.4 is 0 Å². The molecule has 1 N–H and O–H groups in total. The molecule has 1 fully saturated rings.